The average Bonchev–Trinajstić information content (AvgIpc) is 2.59. The summed E-state index contributed by atoms with van der Waals surface area (Å²) >= 11 is 0. The molecule has 24 heavy (non-hydrogen) atoms. The first-order valence-electron chi connectivity index (χ1n) is 7.90. The Hall–Kier alpha value is -3.08. The van der Waals surface area contributed by atoms with Crippen LogP contribution < -0.4 is 15.4 Å². The number of ether oxygens (including phenoxy) is 1. The highest BCUT2D eigenvalue weighted by Crippen LogP contribution is 2.21. The lowest BCUT2D eigenvalue weighted by Crippen LogP contribution is -2.01. The molecule has 122 valence electrons. The third kappa shape index (κ3) is 4.01. The maximum atomic E-state index is 5.44. The molecule has 0 spiro atoms. The molecule has 0 aliphatic rings. The number of aryl methyl sites for hydroxylation is 1. The second-order valence-corrected chi connectivity index (χ2v) is 5.29. The smallest absolute Gasteiger partial charge is 0.229 e. The van der Waals surface area contributed by atoms with Gasteiger partial charge in [-0.1, -0.05) is 18.2 Å². The second-order valence-electron chi connectivity index (χ2n) is 5.29. The molecule has 0 saturated carbocycles. The van der Waals surface area contributed by atoms with Crippen molar-refractivity contribution in [1.82, 2.24) is 9.97 Å². The van der Waals surface area contributed by atoms with E-state index in [0.717, 1.165) is 28.5 Å². The van der Waals surface area contributed by atoms with Crippen LogP contribution in [0.1, 0.15) is 12.5 Å². The van der Waals surface area contributed by atoms with Gasteiger partial charge in [0.2, 0.25) is 5.95 Å². The van der Waals surface area contributed by atoms with Crippen molar-refractivity contribution in [1.29, 1.82) is 0 Å². The van der Waals surface area contributed by atoms with Gasteiger partial charge >= 0.3 is 0 Å². The summed E-state index contributed by atoms with van der Waals surface area (Å²) in [5, 5.41) is 6.51. The van der Waals surface area contributed by atoms with Gasteiger partial charge in [0.25, 0.3) is 0 Å². The Morgan fingerprint density at radius 1 is 0.958 bits per heavy atom. The summed E-state index contributed by atoms with van der Waals surface area (Å²) in [5.41, 5.74) is 3.08. The molecule has 0 aliphatic heterocycles. The molecule has 2 aromatic carbocycles. The Bertz CT molecular complexity index is 802. The number of hydrogen-bond donors (Lipinski definition) is 2. The highest BCUT2D eigenvalue weighted by atomic mass is 16.5. The molecule has 1 aromatic heterocycles. The fourth-order valence-electron chi connectivity index (χ4n) is 2.27. The molecule has 0 aliphatic carbocycles. The quantitative estimate of drug-likeness (QED) is 0.691. The number of hydrogen-bond acceptors (Lipinski definition) is 5. The van der Waals surface area contributed by atoms with Gasteiger partial charge in [-0.25, -0.2) is 4.98 Å². The Morgan fingerprint density at radius 2 is 1.75 bits per heavy atom. The van der Waals surface area contributed by atoms with Gasteiger partial charge in [-0.3, -0.25) is 0 Å². The van der Waals surface area contributed by atoms with E-state index in [1.54, 1.807) is 6.20 Å². The van der Waals surface area contributed by atoms with Crippen LogP contribution in [0.4, 0.5) is 23.1 Å². The fourth-order valence-corrected chi connectivity index (χ4v) is 2.27. The van der Waals surface area contributed by atoms with Crippen LogP contribution in [0.2, 0.25) is 0 Å². The van der Waals surface area contributed by atoms with E-state index in [9.17, 15) is 0 Å². The zero-order valence-corrected chi connectivity index (χ0v) is 13.8. The molecule has 3 rings (SSSR count). The van der Waals surface area contributed by atoms with Crippen molar-refractivity contribution in [2.24, 2.45) is 0 Å². The van der Waals surface area contributed by atoms with Gasteiger partial charge in [0.05, 0.1) is 6.61 Å². The van der Waals surface area contributed by atoms with Crippen molar-refractivity contribution >= 4 is 23.1 Å². The molecule has 5 heteroatoms. The van der Waals surface area contributed by atoms with E-state index in [0.29, 0.717) is 12.6 Å². The van der Waals surface area contributed by atoms with Gasteiger partial charge in [0.15, 0.2) is 0 Å². The topological polar surface area (TPSA) is 59.1 Å². The molecule has 1 heterocycles. The van der Waals surface area contributed by atoms with Crippen LogP contribution in [-0.2, 0) is 0 Å². The maximum Gasteiger partial charge on any atom is 0.229 e. The third-order valence-electron chi connectivity index (χ3n) is 3.48. The number of nitrogens with one attached hydrogen (secondary N) is 2. The van der Waals surface area contributed by atoms with Crippen molar-refractivity contribution in [3.8, 4) is 5.75 Å². The summed E-state index contributed by atoms with van der Waals surface area (Å²) in [4.78, 5) is 8.77. The average molecular weight is 320 g/mol. The van der Waals surface area contributed by atoms with Gasteiger partial charge in [-0.15, -0.1) is 0 Å². The maximum absolute atomic E-state index is 5.44. The normalized spacial score (nSPS) is 10.2. The van der Waals surface area contributed by atoms with Crippen LogP contribution in [-0.4, -0.2) is 16.6 Å². The Balaban J connectivity index is 1.72. The number of nitrogens with zero attached hydrogens (tertiary/aromatic N) is 2. The molecule has 0 amide bonds. The Morgan fingerprint density at radius 3 is 2.50 bits per heavy atom. The van der Waals surface area contributed by atoms with E-state index < -0.39 is 0 Å². The van der Waals surface area contributed by atoms with Crippen LogP contribution >= 0.6 is 0 Å². The summed E-state index contributed by atoms with van der Waals surface area (Å²) in [6.07, 6.45) is 1.73. The number of para-hydroxylation sites is 1. The van der Waals surface area contributed by atoms with Crippen molar-refractivity contribution in [2.75, 3.05) is 17.2 Å². The summed E-state index contributed by atoms with van der Waals surface area (Å²) in [6.45, 7) is 4.67. The molecule has 0 saturated heterocycles. The van der Waals surface area contributed by atoms with Gasteiger partial charge in [0, 0.05) is 17.6 Å². The van der Waals surface area contributed by atoms with Crippen molar-refractivity contribution in [3.63, 3.8) is 0 Å². The molecule has 0 radical (unpaired) electrons. The summed E-state index contributed by atoms with van der Waals surface area (Å²) < 4.78 is 5.44. The highest BCUT2D eigenvalue weighted by molar-refractivity contribution is 5.61. The predicted molar refractivity (Wildman–Crippen MR) is 97.4 cm³/mol. The molecule has 0 fully saturated rings. The van der Waals surface area contributed by atoms with E-state index >= 15 is 0 Å². The lowest BCUT2D eigenvalue weighted by molar-refractivity contribution is 0.340. The van der Waals surface area contributed by atoms with Crippen LogP contribution in [0.25, 0.3) is 0 Å². The van der Waals surface area contributed by atoms with E-state index in [4.69, 9.17) is 4.74 Å². The van der Waals surface area contributed by atoms with Crippen LogP contribution in [0.3, 0.4) is 0 Å². The lowest BCUT2D eigenvalue weighted by atomic mass is 10.2. The summed E-state index contributed by atoms with van der Waals surface area (Å²) in [7, 11) is 0. The second kappa shape index (κ2) is 7.46. The SMILES string of the molecule is CCOc1ccc(Nc2ccnc(Nc3ccccc3C)n2)cc1. The first-order chi connectivity index (χ1) is 11.7. The minimum absolute atomic E-state index is 0.556. The fraction of sp³-hybridized carbons (Fsp3) is 0.158. The Kier molecular flexibility index (Phi) is 4.91. The number of benzene rings is 2. The molecule has 5 nitrogen and oxygen atoms in total. The Labute approximate surface area is 141 Å². The van der Waals surface area contributed by atoms with Gasteiger partial charge in [0.1, 0.15) is 11.6 Å². The zero-order chi connectivity index (χ0) is 16.8. The van der Waals surface area contributed by atoms with Crippen LogP contribution in [0.15, 0.2) is 60.8 Å². The number of rotatable bonds is 6. The van der Waals surface area contributed by atoms with Crippen LogP contribution in [0, 0.1) is 6.92 Å². The monoisotopic (exact) mass is 320 g/mol. The van der Waals surface area contributed by atoms with Gasteiger partial charge < -0.3 is 15.4 Å². The lowest BCUT2D eigenvalue weighted by Gasteiger charge is -2.10. The zero-order valence-electron chi connectivity index (χ0n) is 13.8. The van der Waals surface area contributed by atoms with Crippen molar-refractivity contribution in [2.45, 2.75) is 13.8 Å². The molecule has 0 unspecified atom stereocenters. The minimum atomic E-state index is 0.556. The minimum Gasteiger partial charge on any atom is -0.494 e. The number of anilines is 4. The molecule has 0 bridgehead atoms. The third-order valence-corrected chi connectivity index (χ3v) is 3.48. The van der Waals surface area contributed by atoms with Crippen molar-refractivity contribution in [3.05, 3.63) is 66.4 Å². The van der Waals surface area contributed by atoms with Gasteiger partial charge in [-0.05, 0) is 55.8 Å². The van der Waals surface area contributed by atoms with E-state index in [1.807, 2.05) is 68.4 Å². The largest absolute Gasteiger partial charge is 0.494 e. The summed E-state index contributed by atoms with van der Waals surface area (Å²) in [6, 6.07) is 17.7. The predicted octanol–water partition coefficient (Wildman–Crippen LogP) is 4.67. The summed E-state index contributed by atoms with van der Waals surface area (Å²) in [5.74, 6) is 2.14. The molecular formula is C19H20N4O. The molecule has 0 atom stereocenters. The van der Waals surface area contributed by atoms with E-state index in [1.165, 1.54) is 0 Å². The molecule has 3 aromatic rings. The molecular weight excluding hydrogens is 300 g/mol. The van der Waals surface area contributed by atoms with E-state index in [2.05, 4.69) is 20.6 Å². The van der Waals surface area contributed by atoms with Crippen molar-refractivity contribution < 1.29 is 4.74 Å². The first-order valence-corrected chi connectivity index (χ1v) is 7.90. The highest BCUT2D eigenvalue weighted by Gasteiger charge is 2.03. The molecule has 2 N–H and O–H groups in total. The van der Waals surface area contributed by atoms with E-state index in [-0.39, 0.29) is 0 Å². The standard InChI is InChI=1S/C19H20N4O/c1-3-24-16-10-8-15(9-11-16)21-18-12-13-20-19(23-18)22-17-7-5-4-6-14(17)2/h4-13H,3H2,1-2H3,(H2,20,21,22,23). The first kappa shape index (κ1) is 15.8. The number of aromatic nitrogens is 2. The van der Waals surface area contributed by atoms with Crippen LogP contribution in [0.5, 0.6) is 5.75 Å². The van der Waals surface area contributed by atoms with Gasteiger partial charge in [-0.2, -0.15) is 4.98 Å².